The van der Waals surface area contributed by atoms with Gasteiger partial charge in [-0.25, -0.2) is 8.42 Å². The molecule has 7 heteroatoms. The number of sulfone groups is 1. The highest BCUT2D eigenvalue weighted by atomic mass is 32.2. The van der Waals surface area contributed by atoms with Gasteiger partial charge in [0.05, 0.1) is 25.0 Å². The van der Waals surface area contributed by atoms with Gasteiger partial charge in [0.15, 0.2) is 21.3 Å². The Balaban J connectivity index is 3.43. The number of methoxy groups -OCH3 is 2. The lowest BCUT2D eigenvalue weighted by Gasteiger charge is -2.15. The molecule has 0 fully saturated rings. The minimum absolute atomic E-state index is 0.0586. The molecule has 1 aromatic rings. The zero-order valence-electron chi connectivity index (χ0n) is 11.8. The molecule has 1 unspecified atom stereocenters. The van der Waals surface area contributed by atoms with E-state index in [1.165, 1.54) is 33.3 Å². The normalized spacial score (nSPS) is 12.8. The van der Waals surface area contributed by atoms with E-state index in [1.54, 1.807) is 0 Å². The Kier molecular flexibility index (Phi) is 4.99. The molecule has 112 valence electrons. The van der Waals surface area contributed by atoms with Crippen molar-refractivity contribution >= 4 is 15.8 Å². The number of carbonyl (C=O) groups is 1. The Hall–Kier alpha value is -1.76. The van der Waals surface area contributed by atoms with Crippen molar-refractivity contribution in [2.45, 2.75) is 18.2 Å². The van der Waals surface area contributed by atoms with Gasteiger partial charge in [-0.1, -0.05) is 6.92 Å². The van der Waals surface area contributed by atoms with Crippen LogP contribution in [0, 0.1) is 5.92 Å². The van der Waals surface area contributed by atoms with Crippen LogP contribution in [0.3, 0.4) is 0 Å². The van der Waals surface area contributed by atoms with Gasteiger partial charge in [0.2, 0.25) is 0 Å². The van der Waals surface area contributed by atoms with Gasteiger partial charge in [-0.05, 0) is 18.1 Å². The summed E-state index contributed by atoms with van der Waals surface area (Å²) in [5.41, 5.74) is 0.403. The van der Waals surface area contributed by atoms with Crippen LogP contribution in [-0.2, 0) is 21.1 Å². The molecule has 0 heterocycles. The van der Waals surface area contributed by atoms with Crippen LogP contribution in [0.25, 0.3) is 0 Å². The van der Waals surface area contributed by atoms with Gasteiger partial charge in [0, 0.05) is 12.3 Å². The van der Waals surface area contributed by atoms with Gasteiger partial charge in [0.1, 0.15) is 0 Å². The first-order chi connectivity index (χ1) is 9.20. The molecular formula is C13H18O6S. The first-order valence-electron chi connectivity index (χ1n) is 5.88. The van der Waals surface area contributed by atoms with Crippen LogP contribution < -0.4 is 9.47 Å². The smallest absolute Gasteiger partial charge is 0.306 e. The first kappa shape index (κ1) is 16.3. The molecule has 0 aromatic heterocycles. The van der Waals surface area contributed by atoms with Crippen molar-refractivity contribution in [2.24, 2.45) is 5.92 Å². The average Bonchev–Trinajstić information content (AvgIpc) is 2.36. The van der Waals surface area contributed by atoms with Crippen LogP contribution in [0.5, 0.6) is 11.5 Å². The summed E-state index contributed by atoms with van der Waals surface area (Å²) >= 11 is 0. The van der Waals surface area contributed by atoms with Crippen LogP contribution in [0.4, 0.5) is 0 Å². The molecule has 0 saturated carbocycles. The SMILES string of the molecule is COc1cc(CC(C)C(=O)O)c(S(C)(=O)=O)cc1OC. The van der Waals surface area contributed by atoms with Crippen LogP contribution in [0.15, 0.2) is 17.0 Å². The van der Waals surface area contributed by atoms with E-state index in [2.05, 4.69) is 0 Å². The maximum atomic E-state index is 11.8. The molecule has 0 aliphatic heterocycles. The minimum Gasteiger partial charge on any atom is -0.493 e. The molecule has 0 bridgehead atoms. The Morgan fingerprint density at radius 3 is 2.15 bits per heavy atom. The van der Waals surface area contributed by atoms with E-state index in [1.807, 2.05) is 0 Å². The van der Waals surface area contributed by atoms with Gasteiger partial charge in [-0.15, -0.1) is 0 Å². The Bertz CT molecular complexity index is 606. The zero-order chi connectivity index (χ0) is 15.5. The van der Waals surface area contributed by atoms with Crippen LogP contribution in [0.1, 0.15) is 12.5 Å². The van der Waals surface area contributed by atoms with Crippen molar-refractivity contribution in [1.29, 1.82) is 0 Å². The molecule has 6 nitrogen and oxygen atoms in total. The summed E-state index contributed by atoms with van der Waals surface area (Å²) < 4.78 is 33.9. The van der Waals surface area contributed by atoms with Crippen LogP contribution >= 0.6 is 0 Å². The average molecular weight is 302 g/mol. The van der Waals surface area contributed by atoms with Crippen LogP contribution in [-0.4, -0.2) is 40.0 Å². The molecule has 0 spiro atoms. The fourth-order valence-corrected chi connectivity index (χ4v) is 2.76. The lowest BCUT2D eigenvalue weighted by atomic mass is 10.0. The predicted molar refractivity (Wildman–Crippen MR) is 73.2 cm³/mol. The van der Waals surface area contributed by atoms with Gasteiger partial charge in [-0.2, -0.15) is 0 Å². The van der Waals surface area contributed by atoms with Gasteiger partial charge in [0.25, 0.3) is 0 Å². The fraction of sp³-hybridized carbons (Fsp3) is 0.462. The lowest BCUT2D eigenvalue weighted by molar-refractivity contribution is -0.141. The lowest BCUT2D eigenvalue weighted by Crippen LogP contribution is -2.15. The molecule has 0 aliphatic carbocycles. The topological polar surface area (TPSA) is 89.9 Å². The third-order valence-electron chi connectivity index (χ3n) is 2.91. The summed E-state index contributed by atoms with van der Waals surface area (Å²) in [7, 11) is -0.652. The number of ether oxygens (including phenoxy) is 2. The third-order valence-corrected chi connectivity index (χ3v) is 4.09. The van der Waals surface area contributed by atoms with Crippen molar-refractivity contribution in [3.63, 3.8) is 0 Å². The van der Waals surface area contributed by atoms with Gasteiger partial charge >= 0.3 is 5.97 Å². The van der Waals surface area contributed by atoms with E-state index >= 15 is 0 Å². The Morgan fingerprint density at radius 2 is 1.75 bits per heavy atom. The molecule has 1 N–H and O–H groups in total. The van der Waals surface area contributed by atoms with Crippen molar-refractivity contribution in [3.05, 3.63) is 17.7 Å². The van der Waals surface area contributed by atoms with E-state index in [4.69, 9.17) is 14.6 Å². The summed E-state index contributed by atoms with van der Waals surface area (Å²) in [6.07, 6.45) is 1.17. The number of hydrogen-bond donors (Lipinski definition) is 1. The number of carboxylic acids is 1. The predicted octanol–water partition coefficient (Wildman–Crippen LogP) is 1.37. The molecule has 0 amide bonds. The van der Waals surface area contributed by atoms with Crippen molar-refractivity contribution < 1.29 is 27.8 Å². The molecular weight excluding hydrogens is 284 g/mol. The molecule has 0 saturated heterocycles. The summed E-state index contributed by atoms with van der Waals surface area (Å²) in [5.74, 6) is -1.03. The maximum Gasteiger partial charge on any atom is 0.306 e. The molecule has 1 aromatic carbocycles. The highest BCUT2D eigenvalue weighted by Gasteiger charge is 2.21. The number of carboxylic acid groups (broad SMARTS) is 1. The van der Waals surface area contributed by atoms with Crippen molar-refractivity contribution in [2.75, 3.05) is 20.5 Å². The second-order valence-corrected chi connectivity index (χ2v) is 6.51. The molecule has 1 rings (SSSR count). The summed E-state index contributed by atoms with van der Waals surface area (Å²) in [6.45, 7) is 1.52. The van der Waals surface area contributed by atoms with E-state index in [0.717, 1.165) is 6.26 Å². The largest absolute Gasteiger partial charge is 0.493 e. The molecule has 0 radical (unpaired) electrons. The number of hydrogen-bond acceptors (Lipinski definition) is 5. The fourth-order valence-electron chi connectivity index (χ4n) is 1.82. The van der Waals surface area contributed by atoms with Crippen molar-refractivity contribution in [3.8, 4) is 11.5 Å². The second-order valence-electron chi connectivity index (χ2n) is 4.53. The standard InChI is InChI=1S/C13H18O6S/c1-8(13(14)15)5-9-6-10(18-2)11(19-3)7-12(9)20(4,16)17/h6-8H,5H2,1-4H3,(H,14,15). The quantitative estimate of drug-likeness (QED) is 0.853. The Morgan fingerprint density at radius 1 is 1.25 bits per heavy atom. The van der Waals surface area contributed by atoms with E-state index in [0.29, 0.717) is 17.1 Å². The zero-order valence-corrected chi connectivity index (χ0v) is 12.7. The minimum atomic E-state index is -3.49. The highest BCUT2D eigenvalue weighted by molar-refractivity contribution is 7.90. The van der Waals surface area contributed by atoms with Crippen molar-refractivity contribution in [1.82, 2.24) is 0 Å². The molecule has 20 heavy (non-hydrogen) atoms. The number of aliphatic carboxylic acids is 1. The number of benzene rings is 1. The van der Waals surface area contributed by atoms with E-state index in [9.17, 15) is 13.2 Å². The third kappa shape index (κ3) is 3.63. The second kappa shape index (κ2) is 6.13. The molecule has 1 atom stereocenters. The Labute approximate surface area is 118 Å². The maximum absolute atomic E-state index is 11.8. The van der Waals surface area contributed by atoms with Crippen LogP contribution in [0.2, 0.25) is 0 Å². The first-order valence-corrected chi connectivity index (χ1v) is 7.77. The highest BCUT2D eigenvalue weighted by Crippen LogP contribution is 2.33. The van der Waals surface area contributed by atoms with E-state index < -0.39 is 21.7 Å². The summed E-state index contributed by atoms with van der Waals surface area (Å²) in [5, 5.41) is 8.96. The monoisotopic (exact) mass is 302 g/mol. The van der Waals surface area contributed by atoms with Gasteiger partial charge in [-0.3, -0.25) is 4.79 Å². The summed E-state index contributed by atoms with van der Waals surface area (Å²) in [4.78, 5) is 11.0. The summed E-state index contributed by atoms with van der Waals surface area (Å²) in [6, 6.07) is 2.87. The molecule has 0 aliphatic rings. The van der Waals surface area contributed by atoms with Gasteiger partial charge < -0.3 is 14.6 Å². The van der Waals surface area contributed by atoms with E-state index in [-0.39, 0.29) is 11.3 Å². The number of rotatable bonds is 6.